The lowest BCUT2D eigenvalue weighted by Crippen LogP contribution is -2.40. The highest BCUT2D eigenvalue weighted by molar-refractivity contribution is 7.11. The van der Waals surface area contributed by atoms with E-state index >= 15 is 0 Å². The molecule has 1 unspecified atom stereocenters. The van der Waals surface area contributed by atoms with E-state index in [1.54, 1.807) is 30.3 Å². The summed E-state index contributed by atoms with van der Waals surface area (Å²) >= 11 is 1.72. The number of hydrogen-bond donors (Lipinski definition) is 2. The Balaban J connectivity index is 2.57. The minimum absolute atomic E-state index is 0.00908. The fraction of sp³-hybridized carbons (Fsp3) is 0.688. The molecular formula is C16H29N5OS. The molecule has 0 radical (unpaired) electrons. The van der Waals surface area contributed by atoms with Crippen LogP contribution in [0.3, 0.4) is 0 Å². The molecule has 1 atom stereocenters. The molecular weight excluding hydrogens is 310 g/mol. The molecule has 23 heavy (non-hydrogen) atoms. The van der Waals surface area contributed by atoms with Gasteiger partial charge < -0.3 is 15.5 Å². The lowest BCUT2D eigenvalue weighted by atomic mass is 10.2. The van der Waals surface area contributed by atoms with E-state index in [9.17, 15) is 4.79 Å². The number of guanidine groups is 1. The van der Waals surface area contributed by atoms with Gasteiger partial charge >= 0.3 is 0 Å². The SMILES string of the molecule is CCCCNC(=NCC(=O)N(C)C)NCC(C)c1ncc(C)s1. The molecule has 0 bridgehead atoms. The van der Waals surface area contributed by atoms with E-state index in [4.69, 9.17) is 0 Å². The Morgan fingerprint density at radius 2 is 2.17 bits per heavy atom. The third-order valence-corrected chi connectivity index (χ3v) is 4.47. The van der Waals surface area contributed by atoms with Gasteiger partial charge in [-0.05, 0) is 13.3 Å². The number of hydrogen-bond acceptors (Lipinski definition) is 4. The van der Waals surface area contributed by atoms with Crippen LogP contribution in [0, 0.1) is 6.92 Å². The van der Waals surface area contributed by atoms with Crippen LogP contribution in [0.2, 0.25) is 0 Å². The van der Waals surface area contributed by atoms with Crippen molar-refractivity contribution in [1.82, 2.24) is 20.5 Å². The van der Waals surface area contributed by atoms with Crippen molar-refractivity contribution in [2.75, 3.05) is 33.7 Å². The van der Waals surface area contributed by atoms with Crippen LogP contribution in [-0.2, 0) is 4.79 Å². The number of nitrogens with zero attached hydrogens (tertiary/aromatic N) is 3. The van der Waals surface area contributed by atoms with E-state index in [2.05, 4.69) is 41.4 Å². The minimum Gasteiger partial charge on any atom is -0.356 e. The summed E-state index contributed by atoms with van der Waals surface area (Å²) in [6.45, 7) is 8.09. The van der Waals surface area contributed by atoms with Crippen LogP contribution in [0.5, 0.6) is 0 Å². The van der Waals surface area contributed by atoms with Crippen molar-refractivity contribution < 1.29 is 4.79 Å². The van der Waals surface area contributed by atoms with Gasteiger partial charge in [0.2, 0.25) is 5.91 Å². The summed E-state index contributed by atoms with van der Waals surface area (Å²) < 4.78 is 0. The fourth-order valence-corrected chi connectivity index (χ4v) is 2.61. The first-order chi connectivity index (χ1) is 10.9. The number of aromatic nitrogens is 1. The van der Waals surface area contributed by atoms with Crippen molar-refractivity contribution in [2.24, 2.45) is 4.99 Å². The molecule has 0 aliphatic carbocycles. The number of likely N-dealkylation sites (N-methyl/N-ethyl adjacent to an activating group) is 1. The van der Waals surface area contributed by atoms with Crippen LogP contribution in [0.15, 0.2) is 11.2 Å². The largest absolute Gasteiger partial charge is 0.356 e. The minimum atomic E-state index is -0.00908. The highest BCUT2D eigenvalue weighted by Gasteiger charge is 2.11. The number of aryl methyl sites for hydroxylation is 1. The zero-order chi connectivity index (χ0) is 17.2. The molecule has 0 fully saturated rings. The van der Waals surface area contributed by atoms with Crippen molar-refractivity contribution in [3.05, 3.63) is 16.1 Å². The van der Waals surface area contributed by atoms with Gasteiger partial charge in [0, 0.05) is 44.2 Å². The average Bonchev–Trinajstić information content (AvgIpc) is 2.95. The van der Waals surface area contributed by atoms with Crippen LogP contribution < -0.4 is 10.6 Å². The number of thiazole rings is 1. The maximum Gasteiger partial charge on any atom is 0.243 e. The number of rotatable bonds is 8. The summed E-state index contributed by atoms with van der Waals surface area (Å²) in [7, 11) is 3.48. The smallest absolute Gasteiger partial charge is 0.243 e. The van der Waals surface area contributed by atoms with Gasteiger partial charge in [-0.1, -0.05) is 20.3 Å². The Morgan fingerprint density at radius 3 is 2.74 bits per heavy atom. The van der Waals surface area contributed by atoms with Gasteiger partial charge in [-0.15, -0.1) is 11.3 Å². The molecule has 6 nitrogen and oxygen atoms in total. The molecule has 1 amide bonds. The summed E-state index contributed by atoms with van der Waals surface area (Å²) in [6, 6.07) is 0. The van der Waals surface area contributed by atoms with E-state index < -0.39 is 0 Å². The predicted octanol–water partition coefficient (Wildman–Crippen LogP) is 1.98. The molecule has 2 N–H and O–H groups in total. The van der Waals surface area contributed by atoms with Crippen molar-refractivity contribution in [2.45, 2.75) is 39.5 Å². The van der Waals surface area contributed by atoms with Crippen LogP contribution in [0.1, 0.15) is 42.5 Å². The lowest BCUT2D eigenvalue weighted by molar-refractivity contribution is -0.127. The van der Waals surface area contributed by atoms with Gasteiger partial charge in [-0.2, -0.15) is 0 Å². The van der Waals surface area contributed by atoms with Gasteiger partial charge in [0.05, 0.1) is 5.01 Å². The summed E-state index contributed by atoms with van der Waals surface area (Å²) in [6.07, 6.45) is 4.09. The molecule has 0 aliphatic heterocycles. The molecule has 7 heteroatoms. The van der Waals surface area contributed by atoms with Crippen LogP contribution >= 0.6 is 11.3 Å². The quantitative estimate of drug-likeness (QED) is 0.432. The molecule has 1 aromatic heterocycles. The van der Waals surface area contributed by atoms with Crippen molar-refractivity contribution >= 4 is 23.2 Å². The number of aliphatic imine (C=N–C) groups is 1. The highest BCUT2D eigenvalue weighted by Crippen LogP contribution is 2.20. The Morgan fingerprint density at radius 1 is 1.43 bits per heavy atom. The topological polar surface area (TPSA) is 69.6 Å². The number of carbonyl (C=O) groups excluding carboxylic acids is 1. The molecule has 1 aromatic rings. The first-order valence-electron chi connectivity index (χ1n) is 8.08. The van der Waals surface area contributed by atoms with E-state index in [1.807, 2.05) is 6.20 Å². The molecule has 0 saturated carbocycles. The van der Waals surface area contributed by atoms with E-state index in [-0.39, 0.29) is 12.5 Å². The van der Waals surface area contributed by atoms with Crippen LogP contribution in [0.4, 0.5) is 0 Å². The maximum absolute atomic E-state index is 11.7. The molecule has 1 rings (SSSR count). The molecule has 0 saturated heterocycles. The molecule has 0 aliphatic rings. The third-order valence-electron chi connectivity index (χ3n) is 3.33. The van der Waals surface area contributed by atoms with Crippen molar-refractivity contribution in [1.29, 1.82) is 0 Å². The highest BCUT2D eigenvalue weighted by atomic mass is 32.1. The lowest BCUT2D eigenvalue weighted by Gasteiger charge is -2.15. The van der Waals surface area contributed by atoms with E-state index in [0.717, 1.165) is 30.9 Å². The van der Waals surface area contributed by atoms with E-state index in [1.165, 1.54) is 4.88 Å². The number of unbranched alkanes of at least 4 members (excludes halogenated alkanes) is 1. The Hall–Kier alpha value is -1.63. The van der Waals surface area contributed by atoms with Gasteiger partial charge in [0.15, 0.2) is 5.96 Å². The Bertz CT molecular complexity index is 512. The normalized spacial score (nSPS) is 12.8. The van der Waals surface area contributed by atoms with Crippen LogP contribution in [0.25, 0.3) is 0 Å². The molecule has 1 heterocycles. The third kappa shape index (κ3) is 7.45. The van der Waals surface area contributed by atoms with Crippen molar-refractivity contribution in [3.63, 3.8) is 0 Å². The second-order valence-electron chi connectivity index (χ2n) is 5.82. The number of carbonyl (C=O) groups is 1. The van der Waals surface area contributed by atoms with Gasteiger partial charge in [-0.25, -0.2) is 9.98 Å². The van der Waals surface area contributed by atoms with Gasteiger partial charge in [-0.3, -0.25) is 4.79 Å². The monoisotopic (exact) mass is 339 g/mol. The second kappa shape index (κ2) is 10.2. The zero-order valence-corrected chi connectivity index (χ0v) is 15.7. The Labute approximate surface area is 143 Å². The number of nitrogens with one attached hydrogen (secondary N) is 2. The fourth-order valence-electron chi connectivity index (χ4n) is 1.78. The predicted molar refractivity (Wildman–Crippen MR) is 97.2 cm³/mol. The van der Waals surface area contributed by atoms with Gasteiger partial charge in [0.1, 0.15) is 6.54 Å². The summed E-state index contributed by atoms with van der Waals surface area (Å²) in [4.78, 5) is 23.3. The molecule has 0 spiro atoms. The number of amides is 1. The summed E-state index contributed by atoms with van der Waals surface area (Å²) in [5, 5.41) is 7.71. The average molecular weight is 340 g/mol. The molecule has 0 aromatic carbocycles. The maximum atomic E-state index is 11.7. The Kier molecular flexibility index (Phi) is 8.61. The van der Waals surface area contributed by atoms with Crippen molar-refractivity contribution in [3.8, 4) is 0 Å². The first kappa shape index (κ1) is 19.4. The van der Waals surface area contributed by atoms with E-state index in [0.29, 0.717) is 11.9 Å². The van der Waals surface area contributed by atoms with Crippen LogP contribution in [-0.4, -0.2) is 55.5 Å². The summed E-state index contributed by atoms with van der Waals surface area (Å²) in [5.74, 6) is 0.982. The second-order valence-corrected chi connectivity index (χ2v) is 7.09. The summed E-state index contributed by atoms with van der Waals surface area (Å²) in [5.41, 5.74) is 0. The zero-order valence-electron chi connectivity index (χ0n) is 14.8. The van der Waals surface area contributed by atoms with Gasteiger partial charge in [0.25, 0.3) is 0 Å². The first-order valence-corrected chi connectivity index (χ1v) is 8.90. The molecule has 130 valence electrons. The standard InChI is InChI=1S/C16H29N5OS/c1-6-7-8-17-16(20-11-14(22)21(4)5)19-9-12(2)15-18-10-13(3)23-15/h10,12H,6-9,11H2,1-5H3,(H2,17,19,20).